The van der Waals surface area contributed by atoms with Crippen LogP contribution in [0.15, 0.2) is 24.5 Å². The summed E-state index contributed by atoms with van der Waals surface area (Å²) in [6.45, 7) is 6.87. The summed E-state index contributed by atoms with van der Waals surface area (Å²) in [6.07, 6.45) is 2.49. The van der Waals surface area contributed by atoms with E-state index in [1.807, 2.05) is 18.7 Å². The van der Waals surface area contributed by atoms with E-state index in [9.17, 15) is 9.18 Å². The van der Waals surface area contributed by atoms with Crippen molar-refractivity contribution in [1.82, 2.24) is 24.8 Å². The second-order valence-electron chi connectivity index (χ2n) is 7.12. The zero-order valence-corrected chi connectivity index (χ0v) is 16.1. The largest absolute Gasteiger partial charge is 0.353 e. The third kappa shape index (κ3) is 3.67. The lowest BCUT2D eigenvalue weighted by Gasteiger charge is -2.36. The first-order valence-corrected chi connectivity index (χ1v) is 9.46. The highest BCUT2D eigenvalue weighted by Gasteiger charge is 2.23. The molecule has 1 saturated heterocycles. The number of rotatable bonds is 4. The molecule has 8 heteroatoms. The number of imidazole rings is 1. The smallest absolute Gasteiger partial charge is 0.223 e. The van der Waals surface area contributed by atoms with Crippen molar-refractivity contribution in [2.45, 2.75) is 26.7 Å². The number of amides is 1. The zero-order valence-electron chi connectivity index (χ0n) is 16.1. The van der Waals surface area contributed by atoms with Crippen LogP contribution < -0.4 is 4.90 Å². The molecule has 0 aliphatic carbocycles. The molecule has 1 amide bonds. The average Bonchev–Trinajstić information content (AvgIpc) is 3.10. The molecule has 1 aromatic carbocycles. The van der Waals surface area contributed by atoms with Crippen molar-refractivity contribution >= 4 is 22.8 Å². The molecule has 1 aliphatic heterocycles. The molecule has 1 fully saturated rings. The van der Waals surface area contributed by atoms with E-state index in [1.54, 1.807) is 12.4 Å². The Labute approximate surface area is 162 Å². The van der Waals surface area contributed by atoms with Gasteiger partial charge in [-0.3, -0.25) is 4.79 Å². The molecule has 0 atom stereocenters. The van der Waals surface area contributed by atoms with Crippen molar-refractivity contribution in [1.29, 1.82) is 0 Å². The van der Waals surface area contributed by atoms with Gasteiger partial charge in [-0.05, 0) is 32.0 Å². The third-order valence-electron chi connectivity index (χ3n) is 5.31. The monoisotopic (exact) mass is 382 g/mol. The lowest BCUT2D eigenvalue weighted by atomic mass is 10.2. The third-order valence-corrected chi connectivity index (χ3v) is 5.31. The molecule has 0 spiro atoms. The maximum Gasteiger partial charge on any atom is 0.223 e. The number of hydrogen-bond donors (Lipinski definition) is 1. The lowest BCUT2D eigenvalue weighted by molar-refractivity contribution is -0.131. The van der Waals surface area contributed by atoms with Crippen molar-refractivity contribution in [3.05, 3.63) is 47.4 Å². The number of aromatic amines is 1. The Balaban J connectivity index is 1.33. The van der Waals surface area contributed by atoms with Crippen LogP contribution in [-0.2, 0) is 11.2 Å². The Morgan fingerprint density at radius 1 is 1.18 bits per heavy atom. The average molecular weight is 382 g/mol. The number of piperazine rings is 1. The summed E-state index contributed by atoms with van der Waals surface area (Å²) in [5, 5.41) is 0. The maximum atomic E-state index is 13.3. The number of carbonyl (C=O) groups is 1. The molecule has 1 N–H and O–H groups in total. The number of fused-ring (bicyclic) bond motifs is 1. The van der Waals surface area contributed by atoms with Crippen molar-refractivity contribution in [2.24, 2.45) is 0 Å². The van der Waals surface area contributed by atoms with Crippen molar-refractivity contribution in [3.63, 3.8) is 0 Å². The number of nitrogens with one attached hydrogen (secondary N) is 1. The van der Waals surface area contributed by atoms with Crippen LogP contribution in [0.2, 0.25) is 0 Å². The first kappa shape index (κ1) is 18.3. The number of aromatic nitrogens is 4. The Kier molecular flexibility index (Phi) is 4.93. The van der Waals surface area contributed by atoms with Gasteiger partial charge in [0.25, 0.3) is 0 Å². The number of benzene rings is 1. The summed E-state index contributed by atoms with van der Waals surface area (Å²) >= 11 is 0. The van der Waals surface area contributed by atoms with Gasteiger partial charge in [0.2, 0.25) is 5.91 Å². The normalized spacial score (nSPS) is 14.7. The van der Waals surface area contributed by atoms with Crippen LogP contribution >= 0.6 is 0 Å². The van der Waals surface area contributed by atoms with E-state index in [2.05, 4.69) is 24.8 Å². The fourth-order valence-corrected chi connectivity index (χ4v) is 3.55. The van der Waals surface area contributed by atoms with E-state index in [1.165, 1.54) is 12.1 Å². The Hall–Kier alpha value is -3.03. The zero-order chi connectivity index (χ0) is 19.7. The van der Waals surface area contributed by atoms with Crippen molar-refractivity contribution in [3.8, 4) is 0 Å². The number of halogens is 1. The van der Waals surface area contributed by atoms with Crippen LogP contribution in [0.1, 0.15) is 23.5 Å². The Morgan fingerprint density at radius 2 is 1.96 bits per heavy atom. The van der Waals surface area contributed by atoms with Crippen LogP contribution in [0.5, 0.6) is 0 Å². The van der Waals surface area contributed by atoms with Gasteiger partial charge in [-0.1, -0.05) is 0 Å². The van der Waals surface area contributed by atoms with Gasteiger partial charge in [0.05, 0.1) is 11.0 Å². The molecule has 2 aromatic heterocycles. The number of aryl methyl sites for hydroxylation is 2. The highest BCUT2D eigenvalue weighted by Crippen LogP contribution is 2.20. The molecule has 3 heterocycles. The predicted octanol–water partition coefficient (Wildman–Crippen LogP) is 2.39. The minimum absolute atomic E-state index is 0.113. The van der Waals surface area contributed by atoms with Gasteiger partial charge >= 0.3 is 0 Å². The number of carbonyl (C=O) groups excluding carboxylic acids is 1. The van der Waals surface area contributed by atoms with Gasteiger partial charge in [0, 0.05) is 50.3 Å². The van der Waals surface area contributed by atoms with E-state index in [-0.39, 0.29) is 11.7 Å². The predicted molar refractivity (Wildman–Crippen MR) is 105 cm³/mol. The number of nitrogens with zero attached hydrogens (tertiary/aromatic N) is 5. The van der Waals surface area contributed by atoms with E-state index in [0.717, 1.165) is 30.2 Å². The molecule has 28 heavy (non-hydrogen) atoms. The second kappa shape index (κ2) is 7.53. The van der Waals surface area contributed by atoms with Gasteiger partial charge in [-0.15, -0.1) is 0 Å². The SMILES string of the molecule is Cc1ncnc(N2CCN(C(=O)CCc3nc4ccc(F)cc4[nH]3)CC2)c1C. The molecule has 0 unspecified atom stereocenters. The van der Waals surface area contributed by atoms with Crippen molar-refractivity contribution in [2.75, 3.05) is 31.1 Å². The van der Waals surface area contributed by atoms with Gasteiger partial charge in [0.1, 0.15) is 23.8 Å². The molecule has 0 saturated carbocycles. The van der Waals surface area contributed by atoms with Gasteiger partial charge < -0.3 is 14.8 Å². The van der Waals surface area contributed by atoms with Gasteiger partial charge in [-0.25, -0.2) is 19.3 Å². The van der Waals surface area contributed by atoms with E-state index >= 15 is 0 Å². The number of hydrogen-bond acceptors (Lipinski definition) is 5. The second-order valence-corrected chi connectivity index (χ2v) is 7.12. The highest BCUT2D eigenvalue weighted by molar-refractivity contribution is 5.77. The Morgan fingerprint density at radius 3 is 2.75 bits per heavy atom. The van der Waals surface area contributed by atoms with Crippen LogP contribution in [0.4, 0.5) is 10.2 Å². The summed E-state index contributed by atoms with van der Waals surface area (Å²) < 4.78 is 13.3. The highest BCUT2D eigenvalue weighted by atomic mass is 19.1. The molecular formula is C20H23FN6O. The van der Waals surface area contributed by atoms with E-state index in [0.29, 0.717) is 42.8 Å². The first-order valence-electron chi connectivity index (χ1n) is 9.46. The topological polar surface area (TPSA) is 78.0 Å². The molecule has 7 nitrogen and oxygen atoms in total. The maximum absolute atomic E-state index is 13.3. The van der Waals surface area contributed by atoms with Crippen LogP contribution in [-0.4, -0.2) is 56.9 Å². The summed E-state index contributed by atoms with van der Waals surface area (Å²) in [7, 11) is 0. The minimum Gasteiger partial charge on any atom is -0.353 e. The van der Waals surface area contributed by atoms with Crippen LogP contribution in [0.3, 0.4) is 0 Å². The van der Waals surface area contributed by atoms with E-state index < -0.39 is 0 Å². The van der Waals surface area contributed by atoms with Gasteiger partial charge in [-0.2, -0.15) is 0 Å². The summed E-state index contributed by atoms with van der Waals surface area (Å²) in [5.41, 5.74) is 3.44. The summed E-state index contributed by atoms with van der Waals surface area (Å²) in [6, 6.07) is 4.45. The molecule has 0 bridgehead atoms. The molecule has 3 aromatic rings. The number of anilines is 1. The summed E-state index contributed by atoms with van der Waals surface area (Å²) in [4.78, 5) is 32.8. The molecule has 146 valence electrons. The fourth-order valence-electron chi connectivity index (χ4n) is 3.55. The molecule has 4 rings (SSSR count). The minimum atomic E-state index is -0.300. The van der Waals surface area contributed by atoms with Crippen LogP contribution in [0.25, 0.3) is 11.0 Å². The number of H-pyrrole nitrogens is 1. The fraction of sp³-hybridized carbons (Fsp3) is 0.400. The lowest BCUT2D eigenvalue weighted by Crippen LogP contribution is -2.49. The molecule has 1 aliphatic rings. The van der Waals surface area contributed by atoms with Gasteiger partial charge in [0.15, 0.2) is 0 Å². The molecular weight excluding hydrogens is 359 g/mol. The van der Waals surface area contributed by atoms with Crippen molar-refractivity contribution < 1.29 is 9.18 Å². The molecule has 0 radical (unpaired) electrons. The standard InChI is InChI=1S/C20H23FN6O/c1-13-14(2)22-12-23-20(13)27-9-7-26(8-10-27)19(28)6-5-18-24-16-4-3-15(21)11-17(16)25-18/h3-4,11-12H,5-10H2,1-2H3,(H,24,25). The quantitative estimate of drug-likeness (QED) is 0.750. The Bertz CT molecular complexity index is 1010. The summed E-state index contributed by atoms with van der Waals surface area (Å²) in [5.74, 6) is 1.47. The van der Waals surface area contributed by atoms with E-state index in [4.69, 9.17) is 0 Å². The first-order chi connectivity index (χ1) is 13.5. The van der Waals surface area contributed by atoms with Crippen LogP contribution in [0, 0.1) is 19.7 Å².